The maximum atomic E-state index is 9.70. The molecule has 17 heavy (non-hydrogen) atoms. The molecular weight excluding hydrogens is 333 g/mol. The zero-order chi connectivity index (χ0) is 12.4. The van der Waals surface area contributed by atoms with Gasteiger partial charge in [-0.15, -0.1) is 0 Å². The second-order valence-corrected chi connectivity index (χ2v) is 5.61. The molecule has 3 atom stereocenters. The summed E-state index contributed by atoms with van der Waals surface area (Å²) in [5, 5.41) is 28.5. The molecule has 0 aromatic heterocycles. The maximum Gasteiger partial charge on any atom is 0.0988 e. The van der Waals surface area contributed by atoms with Crippen molar-refractivity contribution in [2.24, 2.45) is 0 Å². The number of likely N-dealkylation sites (tertiary alicyclic amines) is 1. The SMILES string of the molecule is OC[C@@H]1[C@@H](O)[C@@H](O)CN1Cc1ccc(I)cc1. The quantitative estimate of drug-likeness (QED) is 0.682. The lowest BCUT2D eigenvalue weighted by molar-refractivity contribution is 0.0210. The second-order valence-electron chi connectivity index (χ2n) is 4.36. The Morgan fingerprint density at radius 3 is 2.47 bits per heavy atom. The van der Waals surface area contributed by atoms with Crippen molar-refractivity contribution in [3.63, 3.8) is 0 Å². The molecule has 94 valence electrons. The van der Waals surface area contributed by atoms with Crippen molar-refractivity contribution in [1.29, 1.82) is 0 Å². The third kappa shape index (κ3) is 2.97. The van der Waals surface area contributed by atoms with Gasteiger partial charge in [-0.1, -0.05) is 12.1 Å². The summed E-state index contributed by atoms with van der Waals surface area (Å²) in [6, 6.07) is 7.71. The first-order chi connectivity index (χ1) is 8.11. The molecule has 1 aliphatic rings. The summed E-state index contributed by atoms with van der Waals surface area (Å²) in [5.74, 6) is 0. The summed E-state index contributed by atoms with van der Waals surface area (Å²) in [7, 11) is 0. The number of nitrogens with zero attached hydrogens (tertiary/aromatic N) is 1. The molecule has 5 heteroatoms. The van der Waals surface area contributed by atoms with Crippen LogP contribution in [0, 0.1) is 3.57 Å². The molecular formula is C12H16INO3. The number of β-amino-alcohol motifs (C(OH)–C–C–N with tert-alkyl or cyclic N) is 1. The van der Waals surface area contributed by atoms with Gasteiger partial charge in [-0.3, -0.25) is 4.90 Å². The van der Waals surface area contributed by atoms with Gasteiger partial charge in [-0.2, -0.15) is 0 Å². The predicted molar refractivity (Wildman–Crippen MR) is 72.5 cm³/mol. The topological polar surface area (TPSA) is 63.9 Å². The minimum Gasteiger partial charge on any atom is -0.395 e. The van der Waals surface area contributed by atoms with Crippen LogP contribution in [0.15, 0.2) is 24.3 Å². The highest BCUT2D eigenvalue weighted by atomic mass is 127. The minimum absolute atomic E-state index is 0.136. The standard InChI is InChI=1S/C12H16INO3/c13-9-3-1-8(2-4-9)5-14-6-11(16)12(17)10(14)7-15/h1-4,10-12,15-17H,5-7H2/t10-,11+,12-/m1/s1. The van der Waals surface area contributed by atoms with Gasteiger partial charge in [0.1, 0.15) is 0 Å². The van der Waals surface area contributed by atoms with Crippen LogP contribution < -0.4 is 0 Å². The Hall–Kier alpha value is -0.210. The van der Waals surface area contributed by atoms with Gasteiger partial charge in [0.25, 0.3) is 0 Å². The third-order valence-corrected chi connectivity index (χ3v) is 3.88. The molecule has 0 spiro atoms. The van der Waals surface area contributed by atoms with E-state index in [1.54, 1.807) is 0 Å². The van der Waals surface area contributed by atoms with E-state index >= 15 is 0 Å². The number of hydrogen-bond donors (Lipinski definition) is 3. The number of rotatable bonds is 3. The van der Waals surface area contributed by atoms with Gasteiger partial charge >= 0.3 is 0 Å². The lowest BCUT2D eigenvalue weighted by Crippen LogP contribution is -2.38. The van der Waals surface area contributed by atoms with E-state index in [0.29, 0.717) is 13.1 Å². The molecule has 2 rings (SSSR count). The van der Waals surface area contributed by atoms with E-state index in [4.69, 9.17) is 0 Å². The van der Waals surface area contributed by atoms with Crippen molar-refractivity contribution < 1.29 is 15.3 Å². The molecule has 0 saturated carbocycles. The lowest BCUT2D eigenvalue weighted by atomic mass is 10.1. The van der Waals surface area contributed by atoms with Crippen LogP contribution in [0.5, 0.6) is 0 Å². The average Bonchev–Trinajstić information content (AvgIpc) is 2.58. The van der Waals surface area contributed by atoms with E-state index in [9.17, 15) is 15.3 Å². The Kier molecular flexibility index (Phi) is 4.37. The Balaban J connectivity index is 2.05. The normalized spacial score (nSPS) is 29.8. The molecule has 0 aliphatic carbocycles. The first-order valence-corrected chi connectivity index (χ1v) is 6.65. The van der Waals surface area contributed by atoms with Gasteiger partial charge in [0.2, 0.25) is 0 Å². The maximum absolute atomic E-state index is 9.70. The van der Waals surface area contributed by atoms with Crippen LogP contribution in [0.1, 0.15) is 5.56 Å². The minimum atomic E-state index is -0.858. The van der Waals surface area contributed by atoms with Gasteiger partial charge in [0.15, 0.2) is 0 Å². The molecule has 1 heterocycles. The number of hydrogen-bond acceptors (Lipinski definition) is 4. The number of benzene rings is 1. The highest BCUT2D eigenvalue weighted by Gasteiger charge is 2.39. The molecule has 0 radical (unpaired) electrons. The van der Waals surface area contributed by atoms with Crippen molar-refractivity contribution in [3.05, 3.63) is 33.4 Å². The molecule has 1 aromatic rings. The van der Waals surface area contributed by atoms with E-state index in [1.807, 2.05) is 29.2 Å². The smallest absolute Gasteiger partial charge is 0.0988 e. The molecule has 3 N–H and O–H groups in total. The van der Waals surface area contributed by atoms with Gasteiger partial charge in [-0.25, -0.2) is 0 Å². The molecule has 0 unspecified atom stereocenters. The number of halogens is 1. The Labute approximate surface area is 114 Å². The lowest BCUT2D eigenvalue weighted by Gasteiger charge is -2.23. The molecule has 0 amide bonds. The van der Waals surface area contributed by atoms with E-state index in [1.165, 1.54) is 3.57 Å². The first kappa shape index (κ1) is 13.2. The zero-order valence-corrected chi connectivity index (χ0v) is 11.5. The Bertz CT molecular complexity index is 371. The van der Waals surface area contributed by atoms with Gasteiger partial charge < -0.3 is 15.3 Å². The second kappa shape index (κ2) is 5.62. The summed E-state index contributed by atoms with van der Waals surface area (Å²) in [6.45, 7) is 0.900. The van der Waals surface area contributed by atoms with E-state index < -0.39 is 12.2 Å². The molecule has 4 nitrogen and oxygen atoms in total. The fraction of sp³-hybridized carbons (Fsp3) is 0.500. The van der Waals surface area contributed by atoms with Crippen LogP contribution in [0.4, 0.5) is 0 Å². The number of aliphatic hydroxyl groups is 3. The summed E-state index contributed by atoms with van der Waals surface area (Å²) in [6.07, 6.45) is -1.63. The van der Waals surface area contributed by atoms with E-state index in [-0.39, 0.29) is 12.6 Å². The van der Waals surface area contributed by atoms with Gasteiger partial charge in [-0.05, 0) is 40.3 Å². The van der Waals surface area contributed by atoms with Crippen LogP contribution in [0.25, 0.3) is 0 Å². The highest BCUT2D eigenvalue weighted by Crippen LogP contribution is 2.21. The summed E-state index contributed by atoms with van der Waals surface area (Å²) >= 11 is 2.25. The zero-order valence-electron chi connectivity index (χ0n) is 9.33. The van der Waals surface area contributed by atoms with Crippen molar-refractivity contribution in [1.82, 2.24) is 4.90 Å². The molecule has 1 aromatic carbocycles. The van der Waals surface area contributed by atoms with Crippen LogP contribution >= 0.6 is 22.6 Å². The summed E-state index contributed by atoms with van der Waals surface area (Å²) in [5.41, 5.74) is 1.12. The predicted octanol–water partition coefficient (Wildman–Crippen LogP) is 0.190. The molecule has 1 aliphatic heterocycles. The van der Waals surface area contributed by atoms with Crippen molar-refractivity contribution in [2.75, 3.05) is 13.2 Å². The molecule has 0 bridgehead atoms. The fourth-order valence-electron chi connectivity index (χ4n) is 2.19. The fourth-order valence-corrected chi connectivity index (χ4v) is 2.55. The van der Waals surface area contributed by atoms with Crippen molar-refractivity contribution >= 4 is 22.6 Å². The van der Waals surface area contributed by atoms with E-state index in [0.717, 1.165) is 5.56 Å². The van der Waals surface area contributed by atoms with E-state index in [2.05, 4.69) is 22.6 Å². The summed E-state index contributed by atoms with van der Waals surface area (Å²) < 4.78 is 1.17. The Morgan fingerprint density at radius 1 is 1.24 bits per heavy atom. The van der Waals surface area contributed by atoms with Crippen molar-refractivity contribution in [2.45, 2.75) is 24.8 Å². The largest absolute Gasteiger partial charge is 0.395 e. The van der Waals surface area contributed by atoms with Crippen LogP contribution in [0.2, 0.25) is 0 Å². The third-order valence-electron chi connectivity index (χ3n) is 3.17. The monoisotopic (exact) mass is 349 g/mol. The molecule has 1 fully saturated rings. The van der Waals surface area contributed by atoms with Gasteiger partial charge in [0, 0.05) is 16.7 Å². The van der Waals surface area contributed by atoms with Crippen molar-refractivity contribution in [3.8, 4) is 0 Å². The summed E-state index contributed by atoms with van der Waals surface area (Å²) in [4.78, 5) is 1.91. The Morgan fingerprint density at radius 2 is 1.88 bits per heavy atom. The highest BCUT2D eigenvalue weighted by molar-refractivity contribution is 14.1. The van der Waals surface area contributed by atoms with Gasteiger partial charge in [0.05, 0.1) is 24.9 Å². The first-order valence-electron chi connectivity index (χ1n) is 5.57. The van der Waals surface area contributed by atoms with Crippen LogP contribution in [-0.2, 0) is 6.54 Å². The number of aliphatic hydroxyl groups excluding tert-OH is 3. The van der Waals surface area contributed by atoms with Crippen LogP contribution in [0.3, 0.4) is 0 Å². The average molecular weight is 349 g/mol. The van der Waals surface area contributed by atoms with Crippen LogP contribution in [-0.4, -0.2) is 51.6 Å². The molecule has 1 saturated heterocycles.